The van der Waals surface area contributed by atoms with E-state index in [1.807, 2.05) is 0 Å². The molecule has 0 saturated carbocycles. The first-order valence-corrected chi connectivity index (χ1v) is 6.94. The van der Waals surface area contributed by atoms with Crippen LogP contribution < -0.4 is 0 Å². The molecule has 0 fully saturated rings. The van der Waals surface area contributed by atoms with Gasteiger partial charge in [-0.05, 0) is 57.4 Å². The second-order valence-electron chi connectivity index (χ2n) is 4.98. The third-order valence-electron chi connectivity index (χ3n) is 3.31. The molecule has 0 saturated heterocycles. The highest BCUT2D eigenvalue weighted by atomic mass is 35.5. The van der Waals surface area contributed by atoms with Gasteiger partial charge in [0.05, 0.1) is 0 Å². The predicted molar refractivity (Wildman–Crippen MR) is 76.8 cm³/mol. The molecule has 0 spiro atoms. The van der Waals surface area contributed by atoms with Crippen molar-refractivity contribution < 1.29 is 0 Å². The maximum Gasteiger partial charge on any atom is 0.0241 e. The molecule has 96 valence electrons. The van der Waals surface area contributed by atoms with Crippen LogP contribution in [0.2, 0.25) is 0 Å². The van der Waals surface area contributed by atoms with Gasteiger partial charge in [-0.25, -0.2) is 0 Å². The molecule has 17 heavy (non-hydrogen) atoms. The van der Waals surface area contributed by atoms with Crippen LogP contribution in [0.1, 0.15) is 37.0 Å². The minimum absolute atomic E-state index is 0.567. The lowest BCUT2D eigenvalue weighted by atomic mass is 10.0. The average Bonchev–Trinajstić information content (AvgIpc) is 2.27. The zero-order valence-electron chi connectivity index (χ0n) is 11.5. The van der Waals surface area contributed by atoms with E-state index in [4.69, 9.17) is 11.6 Å². The number of rotatable bonds is 6. The van der Waals surface area contributed by atoms with Crippen LogP contribution >= 0.6 is 11.6 Å². The number of hydrogen-bond acceptors (Lipinski definition) is 1. The van der Waals surface area contributed by atoms with Gasteiger partial charge in [0.15, 0.2) is 0 Å². The molecule has 0 amide bonds. The van der Waals surface area contributed by atoms with E-state index in [9.17, 15) is 0 Å². The number of aryl methyl sites for hydroxylation is 2. The van der Waals surface area contributed by atoms with Crippen molar-refractivity contribution in [3.05, 3.63) is 34.9 Å². The molecule has 0 aromatic heterocycles. The second-order valence-corrected chi connectivity index (χ2v) is 5.36. The van der Waals surface area contributed by atoms with Gasteiger partial charge in [-0.1, -0.05) is 18.2 Å². The van der Waals surface area contributed by atoms with Gasteiger partial charge >= 0.3 is 0 Å². The summed E-state index contributed by atoms with van der Waals surface area (Å²) < 4.78 is 0. The largest absolute Gasteiger partial charge is 0.297 e. The minimum Gasteiger partial charge on any atom is -0.297 e. The zero-order chi connectivity index (χ0) is 12.8. The molecule has 0 atom stereocenters. The Bertz CT molecular complexity index is 327. The molecular weight excluding hydrogens is 230 g/mol. The maximum atomic E-state index is 5.79. The van der Waals surface area contributed by atoms with Crippen molar-refractivity contribution in [3.63, 3.8) is 0 Å². The SMILES string of the molecule is Cc1cccc(C)c1CN(CCCCl)C(C)C. The van der Waals surface area contributed by atoms with Crippen LogP contribution in [0.4, 0.5) is 0 Å². The van der Waals surface area contributed by atoms with E-state index in [0.717, 1.165) is 25.4 Å². The lowest BCUT2D eigenvalue weighted by molar-refractivity contribution is 0.213. The number of alkyl halides is 1. The van der Waals surface area contributed by atoms with Crippen LogP contribution in [0.3, 0.4) is 0 Å². The van der Waals surface area contributed by atoms with Gasteiger partial charge in [0.1, 0.15) is 0 Å². The van der Waals surface area contributed by atoms with E-state index < -0.39 is 0 Å². The normalized spacial score (nSPS) is 11.5. The van der Waals surface area contributed by atoms with Gasteiger partial charge < -0.3 is 0 Å². The molecule has 1 aromatic carbocycles. The van der Waals surface area contributed by atoms with Crippen LogP contribution in [0.15, 0.2) is 18.2 Å². The molecule has 0 heterocycles. The van der Waals surface area contributed by atoms with Crippen molar-refractivity contribution >= 4 is 11.6 Å². The number of halogens is 1. The fraction of sp³-hybridized carbons (Fsp3) is 0.600. The van der Waals surface area contributed by atoms with Crippen LogP contribution in [0.5, 0.6) is 0 Å². The van der Waals surface area contributed by atoms with Gasteiger partial charge in [-0.2, -0.15) is 0 Å². The number of benzene rings is 1. The van der Waals surface area contributed by atoms with Crippen molar-refractivity contribution in [2.24, 2.45) is 0 Å². The molecule has 0 aliphatic heterocycles. The van der Waals surface area contributed by atoms with Crippen LogP contribution in [-0.4, -0.2) is 23.4 Å². The Balaban J connectivity index is 2.78. The third-order valence-corrected chi connectivity index (χ3v) is 3.58. The highest BCUT2D eigenvalue weighted by Crippen LogP contribution is 2.17. The van der Waals surface area contributed by atoms with Crippen molar-refractivity contribution in [2.45, 2.75) is 46.7 Å². The molecule has 1 rings (SSSR count). The summed E-state index contributed by atoms with van der Waals surface area (Å²) in [6.45, 7) is 11.0. The van der Waals surface area contributed by atoms with Gasteiger partial charge in [0, 0.05) is 18.5 Å². The molecule has 0 unspecified atom stereocenters. The summed E-state index contributed by atoms with van der Waals surface area (Å²) in [6.07, 6.45) is 1.06. The molecule has 0 radical (unpaired) electrons. The maximum absolute atomic E-state index is 5.79. The van der Waals surface area contributed by atoms with E-state index >= 15 is 0 Å². The van der Waals surface area contributed by atoms with E-state index in [1.165, 1.54) is 16.7 Å². The summed E-state index contributed by atoms with van der Waals surface area (Å²) >= 11 is 5.79. The molecule has 0 aliphatic carbocycles. The Labute approximate surface area is 111 Å². The molecule has 1 nitrogen and oxygen atoms in total. The Kier molecular flexibility index (Phi) is 6.01. The van der Waals surface area contributed by atoms with E-state index in [1.54, 1.807) is 0 Å². The first-order chi connectivity index (χ1) is 8.06. The number of hydrogen-bond donors (Lipinski definition) is 0. The summed E-state index contributed by atoms with van der Waals surface area (Å²) in [7, 11) is 0. The number of nitrogens with zero attached hydrogens (tertiary/aromatic N) is 1. The fourth-order valence-corrected chi connectivity index (χ4v) is 2.20. The Morgan fingerprint density at radius 1 is 1.18 bits per heavy atom. The first kappa shape index (κ1) is 14.5. The van der Waals surface area contributed by atoms with Crippen LogP contribution in [0, 0.1) is 13.8 Å². The summed E-state index contributed by atoms with van der Waals surface area (Å²) in [6, 6.07) is 7.09. The molecule has 1 aromatic rings. The van der Waals surface area contributed by atoms with Crippen molar-refractivity contribution in [2.75, 3.05) is 12.4 Å². The highest BCUT2D eigenvalue weighted by molar-refractivity contribution is 6.17. The van der Waals surface area contributed by atoms with E-state index in [-0.39, 0.29) is 0 Å². The zero-order valence-corrected chi connectivity index (χ0v) is 12.2. The van der Waals surface area contributed by atoms with Crippen molar-refractivity contribution in [1.29, 1.82) is 0 Å². The summed E-state index contributed by atoms with van der Waals surface area (Å²) in [5.41, 5.74) is 4.25. The van der Waals surface area contributed by atoms with Gasteiger partial charge in [0.25, 0.3) is 0 Å². The molecule has 0 N–H and O–H groups in total. The summed E-state index contributed by atoms with van der Waals surface area (Å²) in [4.78, 5) is 2.50. The minimum atomic E-state index is 0.567. The Morgan fingerprint density at radius 2 is 1.76 bits per heavy atom. The average molecular weight is 254 g/mol. The first-order valence-electron chi connectivity index (χ1n) is 6.41. The topological polar surface area (TPSA) is 3.24 Å². The lowest BCUT2D eigenvalue weighted by Crippen LogP contribution is -2.32. The lowest BCUT2D eigenvalue weighted by Gasteiger charge is -2.27. The van der Waals surface area contributed by atoms with E-state index in [2.05, 4.69) is 50.8 Å². The van der Waals surface area contributed by atoms with Gasteiger partial charge in [0.2, 0.25) is 0 Å². The molecule has 0 aliphatic rings. The van der Waals surface area contributed by atoms with Crippen molar-refractivity contribution in [1.82, 2.24) is 4.90 Å². The van der Waals surface area contributed by atoms with Crippen LogP contribution in [-0.2, 0) is 6.54 Å². The predicted octanol–water partition coefficient (Wildman–Crippen LogP) is 4.14. The molecule has 2 heteroatoms. The Morgan fingerprint density at radius 3 is 2.24 bits per heavy atom. The third kappa shape index (κ3) is 4.33. The Hall–Kier alpha value is -0.530. The van der Waals surface area contributed by atoms with E-state index in [0.29, 0.717) is 6.04 Å². The molecule has 0 bridgehead atoms. The quantitative estimate of drug-likeness (QED) is 0.689. The highest BCUT2D eigenvalue weighted by Gasteiger charge is 2.12. The molecular formula is C15H24ClN. The smallest absolute Gasteiger partial charge is 0.0241 e. The van der Waals surface area contributed by atoms with Gasteiger partial charge in [-0.15, -0.1) is 11.6 Å². The monoisotopic (exact) mass is 253 g/mol. The van der Waals surface area contributed by atoms with Crippen molar-refractivity contribution in [3.8, 4) is 0 Å². The fourth-order valence-electron chi connectivity index (χ4n) is 2.08. The second kappa shape index (κ2) is 7.03. The van der Waals surface area contributed by atoms with Gasteiger partial charge in [-0.3, -0.25) is 4.90 Å². The standard InChI is InChI=1S/C15H24ClN/c1-12(2)17(10-6-9-16)11-15-13(3)7-5-8-14(15)4/h5,7-8,12H,6,9-11H2,1-4H3. The van der Waals surface area contributed by atoms with Crippen LogP contribution in [0.25, 0.3) is 0 Å². The summed E-state index contributed by atoms with van der Waals surface area (Å²) in [5.74, 6) is 0.746. The summed E-state index contributed by atoms with van der Waals surface area (Å²) in [5, 5.41) is 0.